The van der Waals surface area contributed by atoms with Crippen LogP contribution in [0.25, 0.3) is 22.3 Å². The Morgan fingerprint density at radius 3 is 2.56 bits per heavy atom. The minimum absolute atomic E-state index is 0. The summed E-state index contributed by atoms with van der Waals surface area (Å²) in [7, 11) is 2.66. The van der Waals surface area contributed by atoms with Crippen LogP contribution in [0.2, 0.25) is 0 Å². The molecule has 1 aliphatic rings. The molecule has 0 saturated carbocycles. The smallest absolute Gasteiger partial charge is 0.834 e. The third-order valence-electron chi connectivity index (χ3n) is 5.91. The number of carbonyl (C=O) groups is 1. The van der Waals surface area contributed by atoms with Crippen LogP contribution >= 0.6 is 9.47 Å². The number of carbonyl (C=O) groups excluding carboxylic acids is 1. The van der Waals surface area contributed by atoms with Crippen LogP contribution in [-0.4, -0.2) is 28.1 Å². The second-order valence-corrected chi connectivity index (χ2v) is 7.43. The van der Waals surface area contributed by atoms with Crippen LogP contribution < -0.4 is 40.0 Å². The molecule has 2 aromatic heterocycles. The molecule has 2 atom stereocenters. The third-order valence-corrected chi connectivity index (χ3v) is 5.91. The number of benzene rings is 1. The van der Waals surface area contributed by atoms with E-state index in [0.29, 0.717) is 29.7 Å². The number of aldehydes is 1. The minimum Gasteiger partial charge on any atom is -0.834 e. The Hall–Kier alpha value is -1.44. The maximum Gasteiger partial charge on any atom is 1.00 e. The Kier molecular flexibility index (Phi) is 9.32. The zero-order valence-electron chi connectivity index (χ0n) is 18.8. The number of methoxy groups -OCH3 is 1. The van der Waals surface area contributed by atoms with Gasteiger partial charge in [0, 0.05) is 29.2 Å². The van der Waals surface area contributed by atoms with E-state index in [-0.39, 0.29) is 48.1 Å². The summed E-state index contributed by atoms with van der Waals surface area (Å²) in [5.41, 5.74) is 3.05. The number of hydrogen-bond donors (Lipinski definition) is 1. The SMILES string of the molecule is CCc1c2c(nc3ccccc13)-c1cc([C@](O)(C=O)CC)c(COC)c(=O)n1C2.[Na+].[O-]P. The van der Waals surface area contributed by atoms with Crippen molar-refractivity contribution in [2.45, 2.75) is 45.4 Å². The number of rotatable bonds is 6. The van der Waals surface area contributed by atoms with Crippen LogP contribution in [0.3, 0.4) is 0 Å². The first-order valence-corrected chi connectivity index (χ1v) is 10.5. The second kappa shape index (κ2) is 11.1. The van der Waals surface area contributed by atoms with Gasteiger partial charge in [0.05, 0.1) is 30.1 Å². The summed E-state index contributed by atoms with van der Waals surface area (Å²) in [6, 6.07) is 9.68. The first-order valence-electron chi connectivity index (χ1n) is 10.1. The van der Waals surface area contributed by atoms with Crippen LogP contribution in [0.5, 0.6) is 0 Å². The monoisotopic (exact) mass is 464 g/mol. The van der Waals surface area contributed by atoms with Crippen molar-refractivity contribution in [3.05, 3.63) is 62.9 Å². The molecule has 4 rings (SSSR count). The number of aryl methyl sites for hydroxylation is 1. The molecule has 0 saturated heterocycles. The molecule has 0 spiro atoms. The fourth-order valence-electron chi connectivity index (χ4n) is 4.31. The van der Waals surface area contributed by atoms with Crippen LogP contribution in [0.15, 0.2) is 35.1 Å². The summed E-state index contributed by atoms with van der Waals surface area (Å²) in [6.07, 6.45) is 1.48. The first-order chi connectivity index (χ1) is 15.0. The zero-order chi connectivity index (χ0) is 22.8. The van der Waals surface area contributed by atoms with Crippen molar-refractivity contribution in [3.8, 4) is 11.4 Å². The Morgan fingerprint density at radius 1 is 1.28 bits per heavy atom. The van der Waals surface area contributed by atoms with E-state index in [1.807, 2.05) is 18.2 Å². The molecular weight excluding hydrogens is 438 g/mol. The molecule has 3 heterocycles. The van der Waals surface area contributed by atoms with E-state index in [2.05, 4.69) is 13.0 Å². The Balaban J connectivity index is 0.00000118. The van der Waals surface area contributed by atoms with E-state index in [0.717, 1.165) is 28.6 Å². The van der Waals surface area contributed by atoms with Gasteiger partial charge in [-0.1, -0.05) is 32.0 Å². The molecular formula is C23H26N2NaO5P. The topological polar surface area (TPSA) is 104 Å². The second-order valence-electron chi connectivity index (χ2n) is 7.43. The minimum atomic E-state index is -1.74. The molecule has 9 heteroatoms. The van der Waals surface area contributed by atoms with Gasteiger partial charge in [-0.15, -0.1) is 0 Å². The van der Waals surface area contributed by atoms with Gasteiger partial charge in [0.2, 0.25) is 0 Å². The molecule has 0 aliphatic carbocycles. The average molecular weight is 464 g/mol. The van der Waals surface area contributed by atoms with Crippen molar-refractivity contribution < 1.29 is 49.1 Å². The van der Waals surface area contributed by atoms with E-state index in [9.17, 15) is 14.7 Å². The van der Waals surface area contributed by atoms with E-state index < -0.39 is 5.60 Å². The van der Waals surface area contributed by atoms with Crippen molar-refractivity contribution >= 4 is 26.7 Å². The maximum absolute atomic E-state index is 13.3. The molecule has 1 unspecified atom stereocenters. The summed E-state index contributed by atoms with van der Waals surface area (Å²) in [5.74, 6) is 0. The molecule has 0 amide bonds. The van der Waals surface area contributed by atoms with E-state index in [1.165, 1.54) is 22.1 Å². The number of para-hydroxylation sites is 1. The van der Waals surface area contributed by atoms with Crippen LogP contribution in [0, 0.1) is 0 Å². The molecule has 1 N–H and O–H groups in total. The summed E-state index contributed by atoms with van der Waals surface area (Å²) in [4.78, 5) is 38.1. The quantitative estimate of drug-likeness (QED) is 0.225. The van der Waals surface area contributed by atoms with Gasteiger partial charge in [0.25, 0.3) is 5.56 Å². The van der Waals surface area contributed by atoms with Crippen molar-refractivity contribution in [1.29, 1.82) is 0 Å². The number of nitrogens with zero attached hydrogens (tertiary/aromatic N) is 2. The standard InChI is InChI=1S/C23H24N2O4.Na.H2OP/c1-4-14-15-8-6-7-9-19(15)24-21-16(14)11-25-20(21)10-18(23(28,5-2)13-26)17(12-29-3)22(25)27;;1-2/h6-10,13,28H,4-5,11-12H2,1-3H3;;2H2/q;+1;-1/t23-;;/m1../s1. The van der Waals surface area contributed by atoms with Crippen LogP contribution in [0.4, 0.5) is 0 Å². The fourth-order valence-corrected chi connectivity index (χ4v) is 4.31. The Labute approximate surface area is 211 Å². The Bertz CT molecular complexity index is 1200. The van der Waals surface area contributed by atoms with Gasteiger partial charge in [-0.05, 0) is 30.5 Å². The summed E-state index contributed by atoms with van der Waals surface area (Å²) in [5, 5.41) is 12.0. The van der Waals surface area contributed by atoms with Crippen LogP contribution in [-0.2, 0) is 34.7 Å². The van der Waals surface area contributed by atoms with Crippen molar-refractivity contribution in [1.82, 2.24) is 9.55 Å². The molecule has 3 aromatic rings. The Morgan fingerprint density at radius 2 is 1.97 bits per heavy atom. The molecule has 1 aromatic carbocycles. The number of ether oxygens (including phenoxy) is 1. The molecule has 0 bridgehead atoms. The average Bonchev–Trinajstić information content (AvgIpc) is 3.18. The van der Waals surface area contributed by atoms with E-state index in [4.69, 9.17) is 14.6 Å². The van der Waals surface area contributed by atoms with E-state index in [1.54, 1.807) is 17.6 Å². The van der Waals surface area contributed by atoms with Crippen molar-refractivity contribution in [2.75, 3.05) is 7.11 Å². The summed E-state index contributed by atoms with van der Waals surface area (Å²) in [6.45, 7) is 4.26. The van der Waals surface area contributed by atoms with Crippen LogP contribution in [0.1, 0.15) is 42.5 Å². The normalized spacial score (nSPS) is 13.3. The number of aliphatic hydroxyl groups is 1. The van der Waals surface area contributed by atoms with Gasteiger partial charge in [-0.3, -0.25) is 9.59 Å². The third kappa shape index (κ3) is 4.36. The number of fused-ring (bicyclic) bond motifs is 4. The molecule has 0 fully saturated rings. The maximum atomic E-state index is 13.3. The number of aromatic nitrogens is 2. The number of pyridine rings is 2. The molecule has 7 nitrogen and oxygen atoms in total. The van der Waals surface area contributed by atoms with Gasteiger partial charge in [0.1, 0.15) is 5.60 Å². The predicted molar refractivity (Wildman–Crippen MR) is 121 cm³/mol. The largest absolute Gasteiger partial charge is 1.00 e. The van der Waals surface area contributed by atoms with Crippen molar-refractivity contribution in [2.24, 2.45) is 0 Å². The van der Waals surface area contributed by atoms with Crippen molar-refractivity contribution in [3.63, 3.8) is 0 Å². The zero-order valence-corrected chi connectivity index (χ0v) is 22.0. The molecule has 1 aliphatic heterocycles. The van der Waals surface area contributed by atoms with Gasteiger partial charge >= 0.3 is 29.6 Å². The first kappa shape index (κ1) is 26.8. The van der Waals surface area contributed by atoms with Gasteiger partial charge < -0.3 is 19.3 Å². The summed E-state index contributed by atoms with van der Waals surface area (Å²) >= 11 is 0. The molecule has 32 heavy (non-hydrogen) atoms. The molecule has 0 radical (unpaired) electrons. The summed E-state index contributed by atoms with van der Waals surface area (Å²) < 4.78 is 6.90. The van der Waals surface area contributed by atoms with Gasteiger partial charge in [0.15, 0.2) is 6.29 Å². The van der Waals surface area contributed by atoms with Gasteiger partial charge in [-0.2, -0.15) is 0 Å². The fraction of sp³-hybridized carbons (Fsp3) is 0.348. The van der Waals surface area contributed by atoms with E-state index >= 15 is 0 Å². The number of hydrogen-bond acceptors (Lipinski definition) is 6. The molecule has 164 valence electrons. The predicted octanol–water partition coefficient (Wildman–Crippen LogP) is -0.929. The van der Waals surface area contributed by atoms with Gasteiger partial charge in [-0.25, -0.2) is 14.5 Å².